The molecule has 1 aromatic rings. The van der Waals surface area contributed by atoms with Gasteiger partial charge in [-0.15, -0.1) is 11.6 Å². The minimum atomic E-state index is 0.0601. The van der Waals surface area contributed by atoms with Crippen molar-refractivity contribution in [2.75, 3.05) is 0 Å². The van der Waals surface area contributed by atoms with Gasteiger partial charge in [0.05, 0.1) is 11.8 Å². The number of amides is 1. The first-order chi connectivity index (χ1) is 8.15. The molecule has 0 spiro atoms. The number of rotatable bonds is 3. The molecule has 0 aromatic heterocycles. The molecule has 1 N–H and O–H groups in total. The van der Waals surface area contributed by atoms with Crippen LogP contribution in [0.5, 0.6) is 0 Å². The number of halogens is 2. The van der Waals surface area contributed by atoms with Gasteiger partial charge in [-0.3, -0.25) is 4.79 Å². The van der Waals surface area contributed by atoms with Crippen molar-refractivity contribution in [2.45, 2.75) is 37.1 Å². The zero-order valence-corrected chi connectivity index (χ0v) is 11.8. The van der Waals surface area contributed by atoms with Crippen molar-refractivity contribution in [3.8, 4) is 0 Å². The normalized spacial score (nSPS) is 23.6. The lowest BCUT2D eigenvalue weighted by Crippen LogP contribution is -2.38. The summed E-state index contributed by atoms with van der Waals surface area (Å²) in [6.45, 7) is 0. The lowest BCUT2D eigenvalue weighted by molar-refractivity contribution is -0.121. The molecule has 2 unspecified atom stereocenters. The highest BCUT2D eigenvalue weighted by atomic mass is 79.9. The molecule has 17 heavy (non-hydrogen) atoms. The second kappa shape index (κ2) is 5.87. The molecule has 0 radical (unpaired) electrons. The van der Waals surface area contributed by atoms with Crippen LogP contribution in [0.4, 0.5) is 0 Å². The van der Waals surface area contributed by atoms with E-state index in [1.54, 1.807) is 0 Å². The molecule has 4 heteroatoms. The predicted molar refractivity (Wildman–Crippen MR) is 73.3 cm³/mol. The molecule has 2 atom stereocenters. The Balaban J connectivity index is 1.86. The van der Waals surface area contributed by atoms with E-state index in [0.717, 1.165) is 29.3 Å². The van der Waals surface area contributed by atoms with Gasteiger partial charge in [-0.1, -0.05) is 28.1 Å². The Morgan fingerprint density at radius 1 is 1.35 bits per heavy atom. The minimum absolute atomic E-state index is 0.0601. The van der Waals surface area contributed by atoms with Crippen molar-refractivity contribution < 1.29 is 4.79 Å². The van der Waals surface area contributed by atoms with Gasteiger partial charge in [-0.05, 0) is 37.0 Å². The number of alkyl halides is 1. The van der Waals surface area contributed by atoms with Gasteiger partial charge in [0, 0.05) is 10.5 Å². The molecule has 1 aromatic carbocycles. The SMILES string of the molecule is O=C(Cc1ccc(Br)cc1)NC1CCCC1Cl. The van der Waals surface area contributed by atoms with Crippen LogP contribution in [0.3, 0.4) is 0 Å². The smallest absolute Gasteiger partial charge is 0.224 e. The molecular weight excluding hydrogens is 302 g/mol. The van der Waals surface area contributed by atoms with E-state index in [1.807, 2.05) is 24.3 Å². The highest BCUT2D eigenvalue weighted by Crippen LogP contribution is 2.24. The maximum Gasteiger partial charge on any atom is 0.224 e. The van der Waals surface area contributed by atoms with Crippen molar-refractivity contribution in [1.82, 2.24) is 5.32 Å². The topological polar surface area (TPSA) is 29.1 Å². The Morgan fingerprint density at radius 2 is 2.06 bits per heavy atom. The number of hydrogen-bond acceptors (Lipinski definition) is 1. The number of carbonyl (C=O) groups excluding carboxylic acids is 1. The Bertz CT molecular complexity index is 393. The van der Waals surface area contributed by atoms with Gasteiger partial charge in [-0.25, -0.2) is 0 Å². The number of benzene rings is 1. The van der Waals surface area contributed by atoms with Gasteiger partial charge >= 0.3 is 0 Å². The average molecular weight is 317 g/mol. The molecule has 0 aliphatic heterocycles. The monoisotopic (exact) mass is 315 g/mol. The van der Waals surface area contributed by atoms with E-state index in [2.05, 4.69) is 21.2 Å². The van der Waals surface area contributed by atoms with E-state index in [4.69, 9.17) is 11.6 Å². The third-order valence-electron chi connectivity index (χ3n) is 3.06. The highest BCUT2D eigenvalue weighted by Gasteiger charge is 2.26. The van der Waals surface area contributed by atoms with Crippen molar-refractivity contribution in [2.24, 2.45) is 0 Å². The van der Waals surface area contributed by atoms with Crippen molar-refractivity contribution in [1.29, 1.82) is 0 Å². The summed E-state index contributed by atoms with van der Waals surface area (Å²) in [5, 5.41) is 3.11. The fourth-order valence-electron chi connectivity index (χ4n) is 2.12. The molecule has 0 bridgehead atoms. The summed E-state index contributed by atoms with van der Waals surface area (Å²) >= 11 is 9.50. The summed E-state index contributed by atoms with van der Waals surface area (Å²) < 4.78 is 1.03. The van der Waals surface area contributed by atoms with E-state index >= 15 is 0 Å². The fraction of sp³-hybridized carbons (Fsp3) is 0.462. The molecule has 1 aliphatic rings. The molecule has 1 fully saturated rings. The summed E-state index contributed by atoms with van der Waals surface area (Å²) in [7, 11) is 0. The first-order valence-corrected chi connectivity index (χ1v) is 7.06. The van der Waals surface area contributed by atoms with E-state index in [-0.39, 0.29) is 17.3 Å². The van der Waals surface area contributed by atoms with Crippen LogP contribution >= 0.6 is 27.5 Å². The van der Waals surface area contributed by atoms with Gasteiger partial charge in [0.15, 0.2) is 0 Å². The van der Waals surface area contributed by atoms with E-state index in [9.17, 15) is 4.79 Å². The molecular formula is C13H15BrClNO. The minimum Gasteiger partial charge on any atom is -0.352 e. The maximum atomic E-state index is 11.8. The van der Waals surface area contributed by atoms with E-state index in [0.29, 0.717) is 6.42 Å². The largest absolute Gasteiger partial charge is 0.352 e. The second-order valence-electron chi connectivity index (χ2n) is 4.42. The molecule has 1 aliphatic carbocycles. The van der Waals surface area contributed by atoms with E-state index < -0.39 is 0 Å². The Kier molecular flexibility index (Phi) is 4.46. The highest BCUT2D eigenvalue weighted by molar-refractivity contribution is 9.10. The molecule has 1 saturated carbocycles. The number of hydrogen-bond donors (Lipinski definition) is 1. The van der Waals surface area contributed by atoms with E-state index in [1.165, 1.54) is 0 Å². The second-order valence-corrected chi connectivity index (χ2v) is 5.90. The van der Waals surface area contributed by atoms with Gasteiger partial charge < -0.3 is 5.32 Å². The summed E-state index contributed by atoms with van der Waals surface area (Å²) in [5.41, 5.74) is 1.02. The van der Waals surface area contributed by atoms with Crippen LogP contribution in [0.25, 0.3) is 0 Å². The Hall–Kier alpha value is -0.540. The van der Waals surface area contributed by atoms with Crippen molar-refractivity contribution in [3.63, 3.8) is 0 Å². The van der Waals surface area contributed by atoms with Crippen LogP contribution in [0.1, 0.15) is 24.8 Å². The van der Waals surface area contributed by atoms with Crippen molar-refractivity contribution in [3.05, 3.63) is 34.3 Å². The molecule has 0 saturated heterocycles. The third kappa shape index (κ3) is 3.71. The van der Waals surface area contributed by atoms with Crippen molar-refractivity contribution >= 4 is 33.4 Å². The maximum absolute atomic E-state index is 11.8. The summed E-state index contributed by atoms with van der Waals surface area (Å²) in [5.74, 6) is 0.0601. The zero-order valence-electron chi connectivity index (χ0n) is 9.46. The number of nitrogens with one attached hydrogen (secondary N) is 1. The lowest BCUT2D eigenvalue weighted by atomic mass is 10.1. The summed E-state index contributed by atoms with van der Waals surface area (Å²) in [4.78, 5) is 11.8. The Morgan fingerprint density at radius 3 is 2.65 bits per heavy atom. The third-order valence-corrected chi connectivity index (χ3v) is 4.11. The van der Waals surface area contributed by atoms with Crippen LogP contribution in [0.15, 0.2) is 28.7 Å². The van der Waals surface area contributed by atoms with Gasteiger partial charge in [0.25, 0.3) is 0 Å². The first kappa shape index (κ1) is 12.9. The van der Waals surface area contributed by atoms with Crippen LogP contribution in [0, 0.1) is 0 Å². The van der Waals surface area contributed by atoms with Gasteiger partial charge in [-0.2, -0.15) is 0 Å². The van der Waals surface area contributed by atoms with Gasteiger partial charge in [0.1, 0.15) is 0 Å². The molecule has 0 heterocycles. The molecule has 2 rings (SSSR count). The quantitative estimate of drug-likeness (QED) is 0.852. The standard InChI is InChI=1S/C13H15BrClNO/c14-10-6-4-9(5-7-10)8-13(17)16-12-3-1-2-11(12)15/h4-7,11-12H,1-3,8H2,(H,16,17). The first-order valence-electron chi connectivity index (χ1n) is 5.83. The number of carbonyl (C=O) groups is 1. The molecule has 92 valence electrons. The van der Waals surface area contributed by atoms with Crippen LogP contribution in [-0.2, 0) is 11.2 Å². The average Bonchev–Trinajstić information content (AvgIpc) is 2.68. The van der Waals surface area contributed by atoms with Crippen LogP contribution in [0.2, 0.25) is 0 Å². The molecule has 2 nitrogen and oxygen atoms in total. The Labute approximate surface area is 115 Å². The van der Waals surface area contributed by atoms with Crippen LogP contribution in [-0.4, -0.2) is 17.3 Å². The zero-order chi connectivity index (χ0) is 12.3. The van der Waals surface area contributed by atoms with Crippen LogP contribution < -0.4 is 5.32 Å². The summed E-state index contributed by atoms with van der Waals surface area (Å²) in [6.07, 6.45) is 3.54. The fourth-order valence-corrected chi connectivity index (χ4v) is 2.73. The van der Waals surface area contributed by atoms with Gasteiger partial charge in [0.2, 0.25) is 5.91 Å². The lowest BCUT2D eigenvalue weighted by Gasteiger charge is -2.15. The molecule has 1 amide bonds. The summed E-state index contributed by atoms with van der Waals surface area (Å²) in [6, 6.07) is 7.96. The predicted octanol–water partition coefficient (Wildman–Crippen LogP) is 3.27.